The molecule has 1 aromatic heterocycles. The maximum absolute atomic E-state index is 14.4. The number of rotatable bonds is 9. The largest absolute Gasteiger partial charge is 0.308 e. The van der Waals surface area contributed by atoms with Crippen molar-refractivity contribution < 1.29 is 13.6 Å². The van der Waals surface area contributed by atoms with Gasteiger partial charge < -0.3 is 20.5 Å². The van der Waals surface area contributed by atoms with Gasteiger partial charge in [0.05, 0.1) is 17.9 Å². The molecule has 0 aliphatic heterocycles. The van der Waals surface area contributed by atoms with Gasteiger partial charge in [-0.3, -0.25) is 4.79 Å². The number of anilines is 1. The SMILES string of the molecule is CCC[C@H](N[C@H]1CCc2cc(F)cc(F)c2C1)C(=O)Nc1cn(-c2ccccc2CNC(C)(C)C)cn1. The minimum atomic E-state index is -0.543. The first-order chi connectivity index (χ1) is 17.6. The molecule has 0 saturated carbocycles. The summed E-state index contributed by atoms with van der Waals surface area (Å²) in [6.07, 6.45) is 6.71. The number of amides is 1. The number of nitrogens with zero attached hydrogens (tertiary/aromatic N) is 2. The molecular formula is C29H37F2N5O. The lowest BCUT2D eigenvalue weighted by atomic mass is 9.87. The van der Waals surface area contributed by atoms with Crippen molar-refractivity contribution >= 4 is 11.7 Å². The van der Waals surface area contributed by atoms with Crippen LogP contribution in [-0.4, -0.2) is 33.1 Å². The molecule has 1 aliphatic carbocycles. The predicted molar refractivity (Wildman–Crippen MR) is 143 cm³/mol. The van der Waals surface area contributed by atoms with Crippen LogP contribution in [0.1, 0.15) is 63.6 Å². The first-order valence-electron chi connectivity index (χ1n) is 13.0. The first-order valence-corrected chi connectivity index (χ1v) is 13.0. The zero-order valence-corrected chi connectivity index (χ0v) is 22.1. The highest BCUT2D eigenvalue weighted by Gasteiger charge is 2.27. The summed E-state index contributed by atoms with van der Waals surface area (Å²) in [6, 6.07) is 9.95. The van der Waals surface area contributed by atoms with Gasteiger partial charge in [-0.2, -0.15) is 0 Å². The van der Waals surface area contributed by atoms with Crippen LogP contribution in [0.15, 0.2) is 48.9 Å². The number of fused-ring (bicyclic) bond motifs is 1. The molecule has 0 bridgehead atoms. The Bertz CT molecular complexity index is 1230. The summed E-state index contributed by atoms with van der Waals surface area (Å²) in [5.74, 6) is -0.748. The van der Waals surface area contributed by atoms with Gasteiger partial charge >= 0.3 is 0 Å². The van der Waals surface area contributed by atoms with E-state index in [4.69, 9.17) is 0 Å². The van der Waals surface area contributed by atoms with E-state index in [2.05, 4.69) is 47.8 Å². The van der Waals surface area contributed by atoms with Crippen molar-refractivity contribution in [3.8, 4) is 5.69 Å². The van der Waals surface area contributed by atoms with Crippen LogP contribution in [-0.2, 0) is 24.2 Å². The molecule has 1 heterocycles. The van der Waals surface area contributed by atoms with Crippen LogP contribution in [0.25, 0.3) is 5.69 Å². The summed E-state index contributed by atoms with van der Waals surface area (Å²) in [5.41, 5.74) is 3.37. The van der Waals surface area contributed by atoms with E-state index in [0.717, 1.165) is 35.7 Å². The van der Waals surface area contributed by atoms with Gasteiger partial charge in [0.2, 0.25) is 5.91 Å². The molecular weight excluding hydrogens is 472 g/mol. The number of hydrogen-bond donors (Lipinski definition) is 3. The number of para-hydroxylation sites is 1. The lowest BCUT2D eigenvalue weighted by Crippen LogP contribution is -2.48. The molecule has 1 aliphatic rings. The van der Waals surface area contributed by atoms with Gasteiger partial charge in [0, 0.05) is 24.2 Å². The van der Waals surface area contributed by atoms with Crippen molar-refractivity contribution in [2.75, 3.05) is 5.32 Å². The molecule has 3 N–H and O–H groups in total. The second kappa shape index (κ2) is 11.5. The summed E-state index contributed by atoms with van der Waals surface area (Å²) in [7, 11) is 0. The third-order valence-corrected chi connectivity index (χ3v) is 6.71. The topological polar surface area (TPSA) is 71.0 Å². The molecule has 0 fully saturated rings. The Balaban J connectivity index is 1.42. The van der Waals surface area contributed by atoms with Crippen molar-refractivity contribution in [2.45, 2.75) is 84.0 Å². The van der Waals surface area contributed by atoms with Gasteiger partial charge in [0.25, 0.3) is 0 Å². The number of benzene rings is 2. The van der Waals surface area contributed by atoms with Crippen LogP contribution in [0.5, 0.6) is 0 Å². The molecule has 3 aromatic rings. The Kier molecular flexibility index (Phi) is 8.39. The van der Waals surface area contributed by atoms with E-state index in [9.17, 15) is 13.6 Å². The normalized spacial score (nSPS) is 16.3. The summed E-state index contributed by atoms with van der Waals surface area (Å²) in [5, 5.41) is 9.88. The minimum Gasteiger partial charge on any atom is -0.308 e. The predicted octanol–water partition coefficient (Wildman–Crippen LogP) is 5.29. The Hall–Kier alpha value is -3.10. The number of aryl methyl sites for hydroxylation is 1. The van der Waals surface area contributed by atoms with Crippen LogP contribution in [0.2, 0.25) is 0 Å². The summed E-state index contributed by atoms with van der Waals surface area (Å²) in [4.78, 5) is 17.6. The zero-order valence-electron chi connectivity index (χ0n) is 22.1. The van der Waals surface area contributed by atoms with Gasteiger partial charge in [0.1, 0.15) is 18.0 Å². The molecule has 4 rings (SSSR count). The lowest BCUT2D eigenvalue weighted by molar-refractivity contribution is -0.118. The van der Waals surface area contributed by atoms with E-state index in [1.807, 2.05) is 35.9 Å². The van der Waals surface area contributed by atoms with E-state index in [-0.39, 0.29) is 17.5 Å². The van der Waals surface area contributed by atoms with Gasteiger partial charge in [0.15, 0.2) is 5.82 Å². The number of carbonyl (C=O) groups excluding carboxylic acids is 1. The van der Waals surface area contributed by atoms with Crippen LogP contribution >= 0.6 is 0 Å². The Labute approximate surface area is 217 Å². The maximum Gasteiger partial charge on any atom is 0.242 e. The average Bonchev–Trinajstić information content (AvgIpc) is 3.30. The molecule has 0 radical (unpaired) electrons. The molecule has 0 spiro atoms. The Morgan fingerprint density at radius 1 is 1.22 bits per heavy atom. The highest BCUT2D eigenvalue weighted by molar-refractivity contribution is 5.94. The van der Waals surface area contributed by atoms with Gasteiger partial charge in [-0.05, 0) is 75.3 Å². The minimum absolute atomic E-state index is 0.00908. The number of carbonyl (C=O) groups is 1. The second-order valence-corrected chi connectivity index (χ2v) is 10.9. The van der Waals surface area contributed by atoms with E-state index >= 15 is 0 Å². The fraction of sp³-hybridized carbons (Fsp3) is 0.448. The van der Waals surface area contributed by atoms with Crippen LogP contribution < -0.4 is 16.0 Å². The van der Waals surface area contributed by atoms with Crippen molar-refractivity contribution in [3.63, 3.8) is 0 Å². The molecule has 0 saturated heterocycles. The maximum atomic E-state index is 14.4. The molecule has 1 amide bonds. The Morgan fingerprint density at radius 2 is 2.00 bits per heavy atom. The molecule has 2 atom stereocenters. The molecule has 37 heavy (non-hydrogen) atoms. The fourth-order valence-electron chi connectivity index (χ4n) is 4.80. The highest BCUT2D eigenvalue weighted by Crippen LogP contribution is 2.26. The quantitative estimate of drug-likeness (QED) is 0.367. The number of imidazole rings is 1. The summed E-state index contributed by atoms with van der Waals surface area (Å²) < 4.78 is 29.8. The smallest absolute Gasteiger partial charge is 0.242 e. The van der Waals surface area contributed by atoms with Crippen LogP contribution in [0, 0.1) is 11.6 Å². The van der Waals surface area contributed by atoms with Gasteiger partial charge in [-0.15, -0.1) is 0 Å². The molecule has 2 aromatic carbocycles. The number of nitrogens with one attached hydrogen (secondary N) is 3. The number of halogens is 2. The monoisotopic (exact) mass is 509 g/mol. The Morgan fingerprint density at radius 3 is 2.76 bits per heavy atom. The number of aromatic nitrogens is 2. The third-order valence-electron chi connectivity index (χ3n) is 6.71. The van der Waals surface area contributed by atoms with Crippen molar-refractivity contribution in [1.82, 2.24) is 20.2 Å². The molecule has 6 nitrogen and oxygen atoms in total. The molecule has 198 valence electrons. The summed E-state index contributed by atoms with van der Waals surface area (Å²) in [6.45, 7) is 9.12. The van der Waals surface area contributed by atoms with Gasteiger partial charge in [-0.25, -0.2) is 13.8 Å². The molecule has 8 heteroatoms. The van der Waals surface area contributed by atoms with Crippen molar-refractivity contribution in [1.29, 1.82) is 0 Å². The first kappa shape index (κ1) is 26.9. The number of hydrogen-bond acceptors (Lipinski definition) is 4. The summed E-state index contributed by atoms with van der Waals surface area (Å²) >= 11 is 0. The van der Waals surface area contributed by atoms with E-state index in [1.54, 1.807) is 6.33 Å². The van der Waals surface area contributed by atoms with Crippen LogP contribution in [0.4, 0.5) is 14.6 Å². The average molecular weight is 510 g/mol. The zero-order chi connectivity index (χ0) is 26.6. The van der Waals surface area contributed by atoms with Gasteiger partial charge in [-0.1, -0.05) is 31.5 Å². The van der Waals surface area contributed by atoms with Crippen LogP contribution in [0.3, 0.4) is 0 Å². The van der Waals surface area contributed by atoms with Crippen molar-refractivity contribution in [3.05, 3.63) is 77.2 Å². The van der Waals surface area contributed by atoms with E-state index < -0.39 is 17.7 Å². The standard InChI is InChI=1S/C29H37F2N5O/c1-5-8-25(34-22-12-11-19-13-21(30)14-24(31)23(19)15-22)28(37)35-27-17-36(18-32-27)26-10-7-6-9-20(26)16-33-29(2,3)4/h6-7,9-10,13-14,17-18,22,25,33-34H,5,8,11-12,15-16H2,1-4H3,(H,35,37)/t22-,25-/m0/s1. The second-order valence-electron chi connectivity index (χ2n) is 10.9. The lowest BCUT2D eigenvalue weighted by Gasteiger charge is -2.29. The highest BCUT2D eigenvalue weighted by atomic mass is 19.1. The van der Waals surface area contributed by atoms with E-state index in [0.29, 0.717) is 37.2 Å². The third kappa shape index (κ3) is 7.02. The van der Waals surface area contributed by atoms with Crippen molar-refractivity contribution in [2.24, 2.45) is 0 Å². The fourth-order valence-corrected chi connectivity index (χ4v) is 4.80. The molecule has 0 unspecified atom stereocenters. The van der Waals surface area contributed by atoms with E-state index in [1.165, 1.54) is 6.07 Å².